The molecule has 4 rings (SSSR count). The first-order valence-corrected chi connectivity index (χ1v) is 12.5. The van der Waals surface area contributed by atoms with Gasteiger partial charge >= 0.3 is 6.03 Å². The van der Waals surface area contributed by atoms with Crippen LogP contribution in [0, 0.1) is 0 Å². The standard InChI is InChI=1S/C25H36N6O4/c1-15(27-2)22(32)29-20-14-30(25(26)35)11-10-19-8-9-21(31(19)24(20)34)23(33)28-18-12-17(13-18)16-6-4-3-5-7-16/h3-7,15,17-21,27H,8-14H2,1-2H3,(H2,26,35)(H,28,33)(H,29,32)/t15-,17?,18?,19+,20-,21?/m0/s1. The maximum Gasteiger partial charge on any atom is 0.314 e. The molecule has 190 valence electrons. The topological polar surface area (TPSA) is 137 Å². The second kappa shape index (κ2) is 10.6. The van der Waals surface area contributed by atoms with Crippen LogP contribution in [-0.2, 0) is 14.4 Å². The third-order valence-electron chi connectivity index (χ3n) is 7.70. The van der Waals surface area contributed by atoms with E-state index in [1.165, 1.54) is 10.5 Å². The summed E-state index contributed by atoms with van der Waals surface area (Å²) < 4.78 is 0. The number of likely N-dealkylation sites (N-methyl/N-ethyl adjacent to an activating group) is 1. The van der Waals surface area contributed by atoms with Gasteiger partial charge in [-0.05, 0) is 57.6 Å². The highest BCUT2D eigenvalue weighted by molar-refractivity contribution is 5.94. The van der Waals surface area contributed by atoms with Crippen LogP contribution >= 0.6 is 0 Å². The van der Waals surface area contributed by atoms with Crippen LogP contribution in [0.5, 0.6) is 0 Å². The van der Waals surface area contributed by atoms with E-state index in [1.54, 1.807) is 18.9 Å². The fourth-order valence-corrected chi connectivity index (χ4v) is 5.40. The first kappa shape index (κ1) is 25.0. The van der Waals surface area contributed by atoms with Crippen LogP contribution < -0.4 is 21.7 Å². The lowest BCUT2D eigenvalue weighted by Crippen LogP contribution is -2.63. The fraction of sp³-hybridized carbons (Fsp3) is 0.600. The number of amides is 5. The van der Waals surface area contributed by atoms with Crippen molar-refractivity contribution in [3.63, 3.8) is 0 Å². The summed E-state index contributed by atoms with van der Waals surface area (Å²) in [5.41, 5.74) is 6.81. The monoisotopic (exact) mass is 484 g/mol. The molecule has 35 heavy (non-hydrogen) atoms. The minimum atomic E-state index is -0.965. The molecular formula is C25H36N6O4. The molecule has 1 aliphatic carbocycles. The van der Waals surface area contributed by atoms with Crippen molar-refractivity contribution in [2.45, 2.75) is 75.2 Å². The van der Waals surface area contributed by atoms with E-state index in [2.05, 4.69) is 28.1 Å². The Labute approximate surface area is 206 Å². The fourth-order valence-electron chi connectivity index (χ4n) is 5.40. The molecule has 1 aromatic rings. The molecule has 1 aromatic carbocycles. The Morgan fingerprint density at radius 3 is 2.43 bits per heavy atom. The molecule has 2 aliphatic heterocycles. The molecule has 0 spiro atoms. The van der Waals surface area contributed by atoms with Gasteiger partial charge in [0.05, 0.1) is 12.6 Å². The van der Waals surface area contributed by atoms with E-state index in [-0.39, 0.29) is 36.3 Å². The van der Waals surface area contributed by atoms with Crippen molar-refractivity contribution in [2.75, 3.05) is 20.1 Å². The van der Waals surface area contributed by atoms with E-state index in [1.807, 2.05) is 18.2 Å². The maximum atomic E-state index is 13.6. The van der Waals surface area contributed by atoms with E-state index in [0.717, 1.165) is 12.8 Å². The highest BCUT2D eigenvalue weighted by Crippen LogP contribution is 2.37. The van der Waals surface area contributed by atoms with Crippen molar-refractivity contribution in [3.05, 3.63) is 35.9 Å². The Morgan fingerprint density at radius 1 is 1.06 bits per heavy atom. The van der Waals surface area contributed by atoms with Crippen molar-refractivity contribution >= 4 is 23.8 Å². The summed E-state index contributed by atoms with van der Waals surface area (Å²) >= 11 is 0. The van der Waals surface area contributed by atoms with Crippen molar-refractivity contribution in [3.8, 4) is 0 Å². The summed E-state index contributed by atoms with van der Waals surface area (Å²) in [6, 6.07) is 7.50. The molecule has 0 aromatic heterocycles. The largest absolute Gasteiger partial charge is 0.352 e. The molecule has 4 atom stereocenters. The maximum absolute atomic E-state index is 13.6. The number of carbonyl (C=O) groups is 4. The molecule has 1 unspecified atom stereocenters. The average Bonchev–Trinajstić information content (AvgIpc) is 3.24. The van der Waals surface area contributed by atoms with Gasteiger partial charge in [0.15, 0.2) is 0 Å². The smallest absolute Gasteiger partial charge is 0.314 e. The van der Waals surface area contributed by atoms with E-state index in [0.29, 0.717) is 31.7 Å². The van der Waals surface area contributed by atoms with Crippen molar-refractivity contribution in [1.82, 2.24) is 25.8 Å². The molecule has 3 fully saturated rings. The molecule has 1 saturated carbocycles. The molecule has 3 aliphatic rings. The Hall–Kier alpha value is -3.14. The number of urea groups is 1. The van der Waals surface area contributed by atoms with Gasteiger partial charge in [0, 0.05) is 18.6 Å². The summed E-state index contributed by atoms with van der Waals surface area (Å²) in [5.74, 6) is -0.395. The van der Waals surface area contributed by atoms with Crippen LogP contribution in [0.2, 0.25) is 0 Å². The molecule has 5 N–H and O–H groups in total. The quantitative estimate of drug-likeness (QED) is 0.460. The summed E-state index contributed by atoms with van der Waals surface area (Å²) in [4.78, 5) is 54.4. The Balaban J connectivity index is 1.44. The van der Waals surface area contributed by atoms with Gasteiger partial charge in [0.2, 0.25) is 17.7 Å². The van der Waals surface area contributed by atoms with E-state index >= 15 is 0 Å². The SMILES string of the molecule is CN[C@@H](C)C(=O)N[C@H]1CN(C(N)=O)CC[C@H]2CCC(C(=O)NC3CC(c4ccccc4)C3)N2C1=O. The number of benzene rings is 1. The van der Waals surface area contributed by atoms with Crippen molar-refractivity contribution in [2.24, 2.45) is 5.73 Å². The predicted molar refractivity (Wildman–Crippen MR) is 130 cm³/mol. The van der Waals surface area contributed by atoms with Crippen LogP contribution in [0.1, 0.15) is 50.5 Å². The lowest BCUT2D eigenvalue weighted by atomic mass is 9.76. The minimum Gasteiger partial charge on any atom is -0.352 e. The zero-order valence-electron chi connectivity index (χ0n) is 20.4. The normalized spacial score (nSPS) is 29.3. The Kier molecular flexibility index (Phi) is 7.59. The lowest BCUT2D eigenvalue weighted by Gasteiger charge is -2.40. The molecule has 2 saturated heterocycles. The molecule has 0 bridgehead atoms. The number of hydrogen-bond donors (Lipinski definition) is 4. The Bertz CT molecular complexity index is 951. The molecule has 0 radical (unpaired) electrons. The number of primary amides is 1. The Morgan fingerprint density at radius 2 is 1.77 bits per heavy atom. The molecular weight excluding hydrogens is 448 g/mol. The van der Waals surface area contributed by atoms with Crippen molar-refractivity contribution < 1.29 is 19.2 Å². The number of nitrogens with one attached hydrogen (secondary N) is 3. The molecule has 10 heteroatoms. The summed E-state index contributed by atoms with van der Waals surface area (Å²) in [6.45, 7) is 2.04. The minimum absolute atomic E-state index is 0.0186. The lowest BCUT2D eigenvalue weighted by molar-refractivity contribution is -0.145. The summed E-state index contributed by atoms with van der Waals surface area (Å²) in [5, 5.41) is 8.75. The number of rotatable bonds is 6. The average molecular weight is 485 g/mol. The zero-order valence-corrected chi connectivity index (χ0v) is 20.4. The molecule has 10 nitrogen and oxygen atoms in total. The second-order valence-corrected chi connectivity index (χ2v) is 9.92. The number of nitrogens with zero attached hydrogens (tertiary/aromatic N) is 2. The number of carbonyl (C=O) groups excluding carboxylic acids is 4. The van der Waals surface area contributed by atoms with Gasteiger partial charge in [-0.2, -0.15) is 0 Å². The van der Waals surface area contributed by atoms with E-state index in [4.69, 9.17) is 5.73 Å². The van der Waals surface area contributed by atoms with E-state index < -0.39 is 24.2 Å². The van der Waals surface area contributed by atoms with Crippen LogP contribution in [-0.4, -0.2) is 83.9 Å². The van der Waals surface area contributed by atoms with E-state index in [9.17, 15) is 19.2 Å². The van der Waals surface area contributed by atoms with Gasteiger partial charge in [-0.25, -0.2) is 4.79 Å². The predicted octanol–water partition coefficient (Wildman–Crippen LogP) is 0.286. The number of hydrogen-bond acceptors (Lipinski definition) is 5. The second-order valence-electron chi connectivity index (χ2n) is 9.92. The summed E-state index contributed by atoms with van der Waals surface area (Å²) in [7, 11) is 1.65. The van der Waals surface area contributed by atoms with Crippen LogP contribution in [0.4, 0.5) is 4.79 Å². The van der Waals surface area contributed by atoms with Gasteiger partial charge in [0.1, 0.15) is 12.1 Å². The third kappa shape index (κ3) is 5.42. The molecule has 2 heterocycles. The van der Waals surface area contributed by atoms with Gasteiger partial charge in [-0.1, -0.05) is 30.3 Å². The van der Waals surface area contributed by atoms with Crippen LogP contribution in [0.15, 0.2) is 30.3 Å². The van der Waals surface area contributed by atoms with Crippen molar-refractivity contribution in [1.29, 1.82) is 0 Å². The molecule has 5 amide bonds. The third-order valence-corrected chi connectivity index (χ3v) is 7.70. The van der Waals surface area contributed by atoms with Crippen LogP contribution in [0.25, 0.3) is 0 Å². The van der Waals surface area contributed by atoms with Gasteiger partial charge in [0.25, 0.3) is 0 Å². The first-order chi connectivity index (χ1) is 16.8. The highest BCUT2D eigenvalue weighted by atomic mass is 16.2. The number of fused-ring (bicyclic) bond motifs is 1. The summed E-state index contributed by atoms with van der Waals surface area (Å²) in [6.07, 6.45) is 3.54. The first-order valence-electron chi connectivity index (χ1n) is 12.5. The van der Waals surface area contributed by atoms with Gasteiger partial charge in [-0.3, -0.25) is 14.4 Å². The number of nitrogens with two attached hydrogens (primary N) is 1. The van der Waals surface area contributed by atoms with Gasteiger partial charge < -0.3 is 31.5 Å². The van der Waals surface area contributed by atoms with Crippen LogP contribution in [0.3, 0.4) is 0 Å². The highest BCUT2D eigenvalue weighted by Gasteiger charge is 2.46. The van der Waals surface area contributed by atoms with Gasteiger partial charge in [-0.15, -0.1) is 0 Å². The zero-order chi connectivity index (χ0) is 25.1.